The van der Waals surface area contributed by atoms with Gasteiger partial charge in [0.25, 0.3) is 5.91 Å². The van der Waals surface area contributed by atoms with E-state index in [0.29, 0.717) is 53.7 Å². The number of carboxylic acids is 1. The maximum Gasteiger partial charge on any atom is 0.309 e. The Morgan fingerprint density at radius 3 is 1.46 bits per heavy atom. The molecule has 4 rings (SSSR count). The molecule has 12 nitrogen and oxygen atoms in total. The van der Waals surface area contributed by atoms with E-state index in [2.05, 4.69) is 15.0 Å². The number of aliphatic carboxylic acids is 1. The molecule has 0 aromatic heterocycles. The molecule has 0 saturated carbocycles. The molecule has 0 fully saturated rings. The molecule has 4 atom stereocenters. The largest absolute Gasteiger partial charge is 0.481 e. The first-order valence-corrected chi connectivity index (χ1v) is 18.6. The Morgan fingerprint density at radius 2 is 1.09 bits per heavy atom. The first-order valence-electron chi connectivity index (χ1n) is 17.1. The molecule has 4 aromatic carbocycles. The highest BCUT2D eigenvalue weighted by atomic mass is 35.5. The van der Waals surface area contributed by atoms with Crippen LogP contribution in [0.1, 0.15) is 56.8 Å². The summed E-state index contributed by atoms with van der Waals surface area (Å²) in [6.45, 7) is 20.3. The van der Waals surface area contributed by atoms with Crippen molar-refractivity contribution in [1.29, 1.82) is 0 Å². The van der Waals surface area contributed by atoms with Crippen molar-refractivity contribution in [3.05, 3.63) is 149 Å². The fourth-order valence-electron chi connectivity index (χ4n) is 5.18. The first-order chi connectivity index (χ1) is 26.9. The highest BCUT2D eigenvalue weighted by molar-refractivity contribution is 6.34. The average molecular weight is 858 g/mol. The maximum absolute atomic E-state index is 12.6. The number of aliphatic hydroxyl groups excluding tert-OH is 2. The van der Waals surface area contributed by atoms with Crippen LogP contribution in [-0.2, 0) is 22.4 Å². The summed E-state index contributed by atoms with van der Waals surface area (Å²) in [6, 6.07) is 19.4. The molecule has 16 heteroatoms. The van der Waals surface area contributed by atoms with Gasteiger partial charge in [0.15, 0.2) is 5.78 Å². The lowest BCUT2D eigenvalue weighted by Gasteiger charge is -2.21. The number of carboxylic acid groups (broad SMARTS) is 1. The van der Waals surface area contributed by atoms with Gasteiger partial charge in [-0.05, 0) is 111 Å². The van der Waals surface area contributed by atoms with Crippen molar-refractivity contribution in [3.63, 3.8) is 0 Å². The topological polar surface area (TPSA) is 188 Å². The second-order valence-electron chi connectivity index (χ2n) is 12.7. The Labute approximate surface area is 351 Å². The highest BCUT2D eigenvalue weighted by Gasteiger charge is 2.26. The van der Waals surface area contributed by atoms with Crippen LogP contribution in [0.15, 0.2) is 72.8 Å². The summed E-state index contributed by atoms with van der Waals surface area (Å²) < 4.78 is 0. The SMILES string of the molecule is NNC(=O)c1ccc(Cl)cc1.[C-]#[N+]c1ccc(C[C@@H](C(=O)NCC(=O)c2ccc(Cl)cc2)[C@H](C)O)c(C)c1Cl.[C-]#[N+]c1ccc(C[C@@H](C(=O)O)[C@H](C)O)c(C)c1Cl. The van der Waals surface area contributed by atoms with E-state index in [4.69, 9.17) is 70.5 Å². The van der Waals surface area contributed by atoms with Crippen LogP contribution in [0.3, 0.4) is 0 Å². The normalized spacial score (nSPS) is 12.4. The molecule has 0 heterocycles. The number of nitrogens with two attached hydrogens (primary N) is 1. The molecule has 0 unspecified atom stereocenters. The van der Waals surface area contributed by atoms with E-state index in [1.807, 2.05) is 5.43 Å². The number of carbonyl (C=O) groups is 4. The molecule has 0 saturated heterocycles. The minimum absolute atomic E-state index is 0.180. The lowest BCUT2D eigenvalue weighted by Crippen LogP contribution is -2.40. The van der Waals surface area contributed by atoms with Crippen molar-refractivity contribution in [3.8, 4) is 0 Å². The molecule has 0 bridgehead atoms. The molecule has 0 radical (unpaired) electrons. The van der Waals surface area contributed by atoms with Crippen LogP contribution in [0, 0.1) is 38.8 Å². The molecule has 7 N–H and O–H groups in total. The number of ketones is 1. The fourth-order valence-corrected chi connectivity index (χ4v) is 5.88. The van der Waals surface area contributed by atoms with Gasteiger partial charge in [0, 0.05) is 21.2 Å². The summed E-state index contributed by atoms with van der Waals surface area (Å²) in [5.74, 6) is 1.23. The zero-order valence-electron chi connectivity index (χ0n) is 31.3. The van der Waals surface area contributed by atoms with Gasteiger partial charge in [-0.3, -0.25) is 24.6 Å². The molecule has 0 aliphatic rings. The highest BCUT2D eigenvalue weighted by Crippen LogP contribution is 2.33. The summed E-state index contributed by atoms with van der Waals surface area (Å²) in [7, 11) is 0. The third-order valence-electron chi connectivity index (χ3n) is 8.72. The number of halogens is 4. The lowest BCUT2D eigenvalue weighted by molar-refractivity contribution is -0.145. The minimum Gasteiger partial charge on any atom is -0.481 e. The smallest absolute Gasteiger partial charge is 0.309 e. The van der Waals surface area contributed by atoms with E-state index in [9.17, 15) is 29.4 Å². The van der Waals surface area contributed by atoms with Crippen LogP contribution in [0.5, 0.6) is 0 Å². The monoisotopic (exact) mass is 855 g/mol. The number of rotatable bonds is 12. The van der Waals surface area contributed by atoms with Gasteiger partial charge in [-0.25, -0.2) is 15.5 Å². The molecule has 0 aliphatic carbocycles. The summed E-state index contributed by atoms with van der Waals surface area (Å²) in [4.78, 5) is 53.3. The molecule has 2 amide bonds. The van der Waals surface area contributed by atoms with Gasteiger partial charge in [0.1, 0.15) is 0 Å². The van der Waals surface area contributed by atoms with Crippen molar-refractivity contribution in [1.82, 2.24) is 10.7 Å². The van der Waals surface area contributed by atoms with E-state index in [0.717, 1.165) is 11.1 Å². The number of amides is 2. The number of hydrogen-bond donors (Lipinski definition) is 6. The Balaban J connectivity index is 0.000000329. The summed E-state index contributed by atoms with van der Waals surface area (Å²) in [5.41, 5.74) is 6.54. The Bertz CT molecular complexity index is 2130. The van der Waals surface area contributed by atoms with Crippen LogP contribution >= 0.6 is 46.4 Å². The molecule has 57 heavy (non-hydrogen) atoms. The van der Waals surface area contributed by atoms with Crippen LogP contribution in [0.2, 0.25) is 20.1 Å². The summed E-state index contributed by atoms with van der Waals surface area (Å²) >= 11 is 23.6. The zero-order valence-corrected chi connectivity index (χ0v) is 34.3. The number of benzene rings is 4. The number of nitrogens with one attached hydrogen (secondary N) is 2. The number of aliphatic hydroxyl groups is 2. The van der Waals surface area contributed by atoms with Crippen molar-refractivity contribution in [2.75, 3.05) is 6.54 Å². The zero-order chi connectivity index (χ0) is 43.0. The van der Waals surface area contributed by atoms with Crippen molar-refractivity contribution in [2.45, 2.75) is 52.7 Å². The fraction of sp³-hybridized carbons (Fsp3) is 0.268. The predicted octanol–water partition coefficient (Wildman–Crippen LogP) is 8.16. The van der Waals surface area contributed by atoms with Crippen molar-refractivity contribution >= 4 is 81.3 Å². The van der Waals surface area contributed by atoms with Gasteiger partial charge in [-0.1, -0.05) is 70.7 Å². The third-order valence-corrected chi connectivity index (χ3v) is 10.2. The Morgan fingerprint density at radius 1 is 0.684 bits per heavy atom. The van der Waals surface area contributed by atoms with E-state index >= 15 is 0 Å². The Kier molecular flexibility index (Phi) is 19.6. The van der Waals surface area contributed by atoms with Gasteiger partial charge in [-0.15, -0.1) is 0 Å². The standard InChI is InChI=1S/C21H20Cl2N2O3.C13H14ClNO3.C7H7ClN2O/c1-12-15(6-9-18(24-3)20(12)23)10-17(13(2)26)21(28)25-11-19(27)14-4-7-16(22)8-5-14;1-7-9(4-5-11(15-3)12(7)14)6-10(8(2)16)13(17)18;8-6-3-1-5(2-4-6)7(11)10-9/h4-9,13,17,26H,10-11H2,1-2H3,(H,25,28);4-5,8,10,16H,6H2,1-2H3,(H,17,18);1-4H,9H2,(H,10,11)/t13-,17+;8-,10+;/m00./s1. The predicted molar refractivity (Wildman–Crippen MR) is 222 cm³/mol. The lowest BCUT2D eigenvalue weighted by atomic mass is 9.91. The van der Waals surface area contributed by atoms with Gasteiger partial charge in [0.05, 0.1) is 53.8 Å². The molecule has 0 spiro atoms. The van der Waals surface area contributed by atoms with E-state index in [1.54, 1.807) is 86.6 Å². The number of hydrogen-bond acceptors (Lipinski definition) is 7. The molecular formula is C41H41Cl4N5O7. The maximum atomic E-state index is 12.6. The number of Topliss-reactive ketones (excluding diaryl/α,β-unsaturated/α-hetero) is 1. The number of nitrogen functional groups attached to an aromatic ring is 1. The minimum atomic E-state index is -1.05. The van der Waals surface area contributed by atoms with Crippen LogP contribution in [0.4, 0.5) is 11.4 Å². The summed E-state index contributed by atoms with van der Waals surface area (Å²) in [5, 5.41) is 32.9. The second-order valence-corrected chi connectivity index (χ2v) is 14.3. The van der Waals surface area contributed by atoms with Crippen LogP contribution in [-0.4, -0.2) is 57.6 Å². The van der Waals surface area contributed by atoms with E-state index in [-0.39, 0.29) is 31.1 Å². The molecular weight excluding hydrogens is 816 g/mol. The average Bonchev–Trinajstić information content (AvgIpc) is 3.18. The quantitative estimate of drug-likeness (QED) is 0.0271. The van der Waals surface area contributed by atoms with Gasteiger partial charge in [0.2, 0.25) is 17.3 Å². The molecule has 4 aromatic rings. The molecule has 300 valence electrons. The number of nitrogens with zero attached hydrogens (tertiary/aromatic N) is 2. The number of carbonyl (C=O) groups excluding carboxylic acids is 3. The van der Waals surface area contributed by atoms with E-state index < -0.39 is 35.9 Å². The van der Waals surface area contributed by atoms with Gasteiger partial charge in [-0.2, -0.15) is 0 Å². The first kappa shape index (κ1) is 48.1. The number of hydrazine groups is 1. The van der Waals surface area contributed by atoms with Gasteiger partial charge < -0.3 is 20.6 Å². The van der Waals surface area contributed by atoms with Crippen molar-refractivity contribution in [2.24, 2.45) is 17.7 Å². The van der Waals surface area contributed by atoms with Crippen molar-refractivity contribution < 1.29 is 34.5 Å². The Hall–Kier alpha value is -5.02. The molecule has 0 aliphatic heterocycles. The van der Waals surface area contributed by atoms with Crippen LogP contribution < -0.4 is 16.6 Å². The summed E-state index contributed by atoms with van der Waals surface area (Å²) in [6.07, 6.45) is -1.44. The van der Waals surface area contributed by atoms with E-state index in [1.165, 1.54) is 13.8 Å². The third kappa shape index (κ3) is 14.5. The second kappa shape index (κ2) is 23.3. The van der Waals surface area contributed by atoms with Crippen LogP contribution in [0.25, 0.3) is 9.69 Å². The van der Waals surface area contributed by atoms with Gasteiger partial charge >= 0.3 is 5.97 Å².